The largest absolute Gasteiger partial charge is 0.497 e. The van der Waals surface area contributed by atoms with Gasteiger partial charge in [-0.2, -0.15) is 4.31 Å². The van der Waals surface area contributed by atoms with Gasteiger partial charge in [0.25, 0.3) is 5.91 Å². The maximum Gasteiger partial charge on any atom is 0.308 e. The molecule has 218 valence electrons. The molecule has 42 heavy (non-hydrogen) atoms. The van der Waals surface area contributed by atoms with E-state index in [0.29, 0.717) is 34.1 Å². The van der Waals surface area contributed by atoms with E-state index in [1.54, 1.807) is 31.4 Å². The first-order valence-electron chi connectivity index (χ1n) is 13.0. The maximum absolute atomic E-state index is 13.7. The highest BCUT2D eigenvalue weighted by Gasteiger charge is 2.38. The number of benzene rings is 3. The minimum atomic E-state index is -4.02. The Labute approximate surface area is 246 Å². The minimum absolute atomic E-state index is 0.0298. The van der Waals surface area contributed by atoms with Crippen molar-refractivity contribution in [3.63, 3.8) is 0 Å². The second-order valence-electron chi connectivity index (χ2n) is 9.55. The number of carbonyl (C=O) groups is 3. The Bertz CT molecular complexity index is 1750. The van der Waals surface area contributed by atoms with Crippen molar-refractivity contribution in [1.29, 1.82) is 0 Å². The second kappa shape index (κ2) is 12.3. The number of fused-ring (bicyclic) bond motifs is 2. The first-order valence-corrected chi connectivity index (χ1v) is 15.3. The number of thiazole rings is 1. The van der Waals surface area contributed by atoms with Gasteiger partial charge < -0.3 is 14.8 Å². The number of aromatic nitrogens is 1. The summed E-state index contributed by atoms with van der Waals surface area (Å²) in [6, 6.07) is 17.7. The number of carbonyl (C=O) groups excluding carboxylic acids is 3. The number of amides is 2. The van der Waals surface area contributed by atoms with Crippen LogP contribution in [0.15, 0.2) is 71.6 Å². The molecule has 0 saturated carbocycles. The lowest BCUT2D eigenvalue weighted by atomic mass is 9.92. The van der Waals surface area contributed by atoms with Gasteiger partial charge in [0.05, 0.1) is 34.7 Å². The zero-order valence-electron chi connectivity index (χ0n) is 22.8. The van der Waals surface area contributed by atoms with Crippen LogP contribution in [0.5, 0.6) is 5.75 Å². The van der Waals surface area contributed by atoms with Crippen molar-refractivity contribution in [2.45, 2.75) is 30.7 Å². The average molecular weight is 609 g/mol. The van der Waals surface area contributed by atoms with Crippen LogP contribution in [-0.4, -0.2) is 55.8 Å². The van der Waals surface area contributed by atoms with Crippen LogP contribution in [-0.2, 0) is 35.6 Å². The Kier molecular flexibility index (Phi) is 8.52. The van der Waals surface area contributed by atoms with E-state index in [1.807, 2.05) is 18.2 Å². The normalized spacial score (nSPS) is 15.0. The number of methoxy groups -OCH3 is 1. The van der Waals surface area contributed by atoms with Crippen molar-refractivity contribution in [3.05, 3.63) is 77.9 Å². The first kappa shape index (κ1) is 29.2. The fraction of sp³-hybridized carbons (Fsp3) is 0.241. The van der Waals surface area contributed by atoms with Gasteiger partial charge in [0.15, 0.2) is 11.7 Å². The highest BCUT2D eigenvalue weighted by atomic mass is 32.2. The number of hydrogen-bond acceptors (Lipinski definition) is 9. The van der Waals surface area contributed by atoms with Crippen LogP contribution in [0.4, 0.5) is 10.8 Å². The molecule has 2 amide bonds. The highest BCUT2D eigenvalue weighted by molar-refractivity contribution is 7.89. The van der Waals surface area contributed by atoms with E-state index in [9.17, 15) is 22.8 Å². The molecule has 0 aliphatic carbocycles. The molecule has 1 aliphatic rings. The van der Waals surface area contributed by atoms with E-state index < -0.39 is 34.5 Å². The fourth-order valence-electron chi connectivity index (χ4n) is 4.78. The van der Waals surface area contributed by atoms with Gasteiger partial charge in [-0.05, 0) is 60.0 Å². The maximum atomic E-state index is 13.7. The summed E-state index contributed by atoms with van der Waals surface area (Å²) in [4.78, 5) is 41.2. The summed E-state index contributed by atoms with van der Waals surface area (Å²) in [5.41, 5.74) is 2.80. The molecular weight excluding hydrogens is 580 g/mol. The standard InChI is InChI=1S/C29H28N4O7S2/c1-18(34)30-20-7-10-22(11-8-20)42(37,38)33-14-13-19-5-3-4-6-23(19)25(33)16-28(36)40-17-27(35)32-29-31-24-12-9-21(39-2)15-26(24)41-29/h3-12,15,25H,13-14,16-17H2,1-2H3,(H,30,34)(H,31,32,35). The smallest absolute Gasteiger partial charge is 0.308 e. The summed E-state index contributed by atoms with van der Waals surface area (Å²) in [5, 5.41) is 5.59. The monoisotopic (exact) mass is 608 g/mol. The Morgan fingerprint density at radius 3 is 2.55 bits per heavy atom. The Morgan fingerprint density at radius 1 is 1.05 bits per heavy atom. The van der Waals surface area contributed by atoms with Gasteiger partial charge in [0, 0.05) is 19.2 Å². The lowest BCUT2D eigenvalue weighted by Gasteiger charge is -2.36. The third kappa shape index (κ3) is 6.43. The Balaban J connectivity index is 1.28. The van der Waals surface area contributed by atoms with Gasteiger partial charge in [-0.15, -0.1) is 0 Å². The molecule has 4 aromatic rings. The van der Waals surface area contributed by atoms with Crippen LogP contribution < -0.4 is 15.4 Å². The molecule has 1 aromatic heterocycles. The molecule has 0 radical (unpaired) electrons. The zero-order valence-corrected chi connectivity index (χ0v) is 24.5. The summed E-state index contributed by atoms with van der Waals surface area (Å²) >= 11 is 1.26. The predicted molar refractivity (Wildman–Crippen MR) is 158 cm³/mol. The van der Waals surface area contributed by atoms with Gasteiger partial charge >= 0.3 is 5.97 Å². The molecule has 1 atom stereocenters. The van der Waals surface area contributed by atoms with Crippen LogP contribution in [0.2, 0.25) is 0 Å². The molecule has 13 heteroatoms. The molecule has 0 spiro atoms. The molecule has 11 nitrogen and oxygen atoms in total. The van der Waals surface area contributed by atoms with Crippen LogP contribution >= 0.6 is 11.3 Å². The zero-order chi connectivity index (χ0) is 29.9. The van der Waals surface area contributed by atoms with Crippen molar-refractivity contribution in [3.8, 4) is 5.75 Å². The third-order valence-corrected chi connectivity index (χ3v) is 9.57. The first-order chi connectivity index (χ1) is 20.1. The number of anilines is 2. The van der Waals surface area contributed by atoms with Gasteiger partial charge in [-0.3, -0.25) is 19.7 Å². The molecular formula is C29H28N4O7S2. The number of sulfonamides is 1. The van der Waals surface area contributed by atoms with E-state index in [1.165, 1.54) is 46.8 Å². The van der Waals surface area contributed by atoms with Crippen molar-refractivity contribution in [2.75, 3.05) is 30.9 Å². The predicted octanol–water partition coefficient (Wildman–Crippen LogP) is 4.12. The van der Waals surface area contributed by atoms with Gasteiger partial charge in [0.1, 0.15) is 5.75 Å². The minimum Gasteiger partial charge on any atom is -0.497 e. The number of esters is 1. The molecule has 2 N–H and O–H groups in total. The average Bonchev–Trinajstić information content (AvgIpc) is 3.37. The highest BCUT2D eigenvalue weighted by Crippen LogP contribution is 2.37. The van der Waals surface area contributed by atoms with E-state index in [0.717, 1.165) is 10.3 Å². The molecule has 0 bridgehead atoms. The molecule has 0 fully saturated rings. The van der Waals surface area contributed by atoms with Crippen LogP contribution in [0, 0.1) is 0 Å². The van der Waals surface area contributed by atoms with Crippen LogP contribution in [0.1, 0.15) is 30.5 Å². The van der Waals surface area contributed by atoms with Gasteiger partial charge in [-0.25, -0.2) is 13.4 Å². The summed E-state index contributed by atoms with van der Waals surface area (Å²) in [6.45, 7) is 0.971. The summed E-state index contributed by atoms with van der Waals surface area (Å²) < 4.78 is 40.0. The lowest BCUT2D eigenvalue weighted by Crippen LogP contribution is -2.41. The number of hydrogen-bond donors (Lipinski definition) is 2. The summed E-state index contributed by atoms with van der Waals surface area (Å²) in [5.74, 6) is -0.893. The fourth-order valence-corrected chi connectivity index (χ4v) is 7.30. The number of nitrogens with zero attached hydrogens (tertiary/aromatic N) is 2. The van der Waals surface area contributed by atoms with Crippen LogP contribution in [0.25, 0.3) is 10.2 Å². The number of rotatable bonds is 9. The van der Waals surface area contributed by atoms with Crippen molar-refractivity contribution in [2.24, 2.45) is 0 Å². The molecule has 5 rings (SSSR count). The van der Waals surface area contributed by atoms with Crippen molar-refractivity contribution >= 4 is 60.2 Å². The second-order valence-corrected chi connectivity index (χ2v) is 12.5. The third-order valence-electron chi connectivity index (χ3n) is 6.71. The topological polar surface area (TPSA) is 144 Å². The summed E-state index contributed by atoms with van der Waals surface area (Å²) in [7, 11) is -2.46. The van der Waals surface area contributed by atoms with E-state index in [2.05, 4.69) is 15.6 Å². The van der Waals surface area contributed by atoms with E-state index in [4.69, 9.17) is 9.47 Å². The summed E-state index contributed by atoms with van der Waals surface area (Å²) in [6.07, 6.45) is 0.190. The SMILES string of the molecule is COc1ccc2nc(NC(=O)COC(=O)CC3c4ccccc4CCN3S(=O)(=O)c3ccc(NC(C)=O)cc3)sc2c1. The molecule has 3 aromatic carbocycles. The Morgan fingerprint density at radius 2 is 1.81 bits per heavy atom. The Hall–Kier alpha value is -4.33. The van der Waals surface area contributed by atoms with Crippen molar-refractivity contribution < 1.29 is 32.3 Å². The van der Waals surface area contributed by atoms with Crippen molar-refractivity contribution in [1.82, 2.24) is 9.29 Å². The molecule has 1 aliphatic heterocycles. The number of nitrogens with one attached hydrogen (secondary N) is 2. The molecule has 0 saturated heterocycles. The molecule has 1 unspecified atom stereocenters. The quantitative estimate of drug-likeness (QED) is 0.270. The van der Waals surface area contributed by atoms with E-state index in [-0.39, 0.29) is 23.8 Å². The molecule has 2 heterocycles. The van der Waals surface area contributed by atoms with Gasteiger partial charge in [-0.1, -0.05) is 35.6 Å². The van der Waals surface area contributed by atoms with E-state index >= 15 is 0 Å². The van der Waals surface area contributed by atoms with Gasteiger partial charge in [0.2, 0.25) is 15.9 Å². The van der Waals surface area contributed by atoms with Crippen LogP contribution in [0.3, 0.4) is 0 Å². The lowest BCUT2D eigenvalue weighted by molar-refractivity contribution is -0.148. The number of ether oxygens (including phenoxy) is 2.